The predicted octanol–water partition coefficient (Wildman–Crippen LogP) is 3.15. The number of nitrogens with one attached hydrogen (secondary N) is 2. The van der Waals surface area contributed by atoms with Gasteiger partial charge in [0.1, 0.15) is 6.04 Å². The van der Waals surface area contributed by atoms with Crippen LogP contribution < -0.4 is 10.6 Å². The maximum Gasteiger partial charge on any atom is 0.253 e. The summed E-state index contributed by atoms with van der Waals surface area (Å²) in [6.45, 7) is 4.96. The van der Waals surface area contributed by atoms with Crippen molar-refractivity contribution >= 4 is 35.0 Å². The van der Waals surface area contributed by atoms with Crippen molar-refractivity contribution in [1.29, 1.82) is 0 Å². The van der Waals surface area contributed by atoms with Crippen molar-refractivity contribution < 1.29 is 9.59 Å². The predicted molar refractivity (Wildman–Crippen MR) is 102 cm³/mol. The zero-order valence-corrected chi connectivity index (χ0v) is 16.2. The van der Waals surface area contributed by atoms with Crippen LogP contribution in [0.5, 0.6) is 0 Å². The van der Waals surface area contributed by atoms with Crippen molar-refractivity contribution in [3.8, 4) is 0 Å². The van der Waals surface area contributed by atoms with E-state index in [1.54, 1.807) is 23.0 Å². The molecule has 0 aliphatic rings. The summed E-state index contributed by atoms with van der Waals surface area (Å²) in [6.07, 6.45) is 4.33. The quantitative estimate of drug-likeness (QED) is 0.672. The van der Waals surface area contributed by atoms with Crippen molar-refractivity contribution in [2.24, 2.45) is 5.92 Å². The van der Waals surface area contributed by atoms with Crippen LogP contribution >= 0.6 is 23.2 Å². The first-order valence-corrected chi connectivity index (χ1v) is 9.15. The molecule has 0 fully saturated rings. The van der Waals surface area contributed by atoms with Crippen LogP contribution in [-0.4, -0.2) is 34.2 Å². The fraction of sp³-hybridized carbons (Fsp3) is 0.389. The highest BCUT2D eigenvalue weighted by molar-refractivity contribution is 6.36. The molecule has 0 spiro atoms. The Morgan fingerprint density at radius 3 is 2.65 bits per heavy atom. The zero-order chi connectivity index (χ0) is 19.1. The first kappa shape index (κ1) is 20.3. The summed E-state index contributed by atoms with van der Waals surface area (Å²) in [5, 5.41) is 10.4. The monoisotopic (exact) mass is 396 g/mol. The van der Waals surface area contributed by atoms with Crippen LogP contribution in [0.3, 0.4) is 0 Å². The molecule has 2 N–H and O–H groups in total. The standard InChI is InChI=1S/C18H22Cl2N4O2/c1-12(2)16(18(26)21-7-3-9-24-10-4-8-22-24)23-17(25)14-6-5-13(19)11-15(14)20/h4-6,8,10-12,16H,3,7,9H2,1-2H3,(H,21,26)(H,23,25)/t16-/m0/s1. The SMILES string of the molecule is CC(C)[C@H](NC(=O)c1ccc(Cl)cc1Cl)C(=O)NCCCn1cccn1. The highest BCUT2D eigenvalue weighted by Gasteiger charge is 2.25. The van der Waals surface area contributed by atoms with E-state index in [9.17, 15) is 9.59 Å². The molecule has 2 aromatic rings. The molecule has 1 heterocycles. The number of rotatable bonds is 8. The Morgan fingerprint density at radius 1 is 1.27 bits per heavy atom. The molecule has 1 atom stereocenters. The average Bonchev–Trinajstić information content (AvgIpc) is 3.09. The fourth-order valence-electron chi connectivity index (χ4n) is 2.42. The van der Waals surface area contributed by atoms with E-state index in [1.165, 1.54) is 6.07 Å². The molecule has 0 unspecified atom stereocenters. The number of hydrogen-bond acceptors (Lipinski definition) is 3. The minimum Gasteiger partial charge on any atom is -0.354 e. The van der Waals surface area contributed by atoms with Crippen molar-refractivity contribution in [2.45, 2.75) is 32.9 Å². The summed E-state index contributed by atoms with van der Waals surface area (Å²) in [7, 11) is 0. The third kappa shape index (κ3) is 5.75. The molecular weight excluding hydrogens is 375 g/mol. The Hall–Kier alpha value is -2.05. The van der Waals surface area contributed by atoms with Gasteiger partial charge in [-0.3, -0.25) is 14.3 Å². The van der Waals surface area contributed by atoms with E-state index in [0.29, 0.717) is 18.1 Å². The number of aryl methyl sites for hydroxylation is 1. The second-order valence-electron chi connectivity index (χ2n) is 6.23. The number of hydrogen-bond donors (Lipinski definition) is 2. The lowest BCUT2D eigenvalue weighted by Gasteiger charge is -2.22. The van der Waals surface area contributed by atoms with Crippen LogP contribution in [0.2, 0.25) is 10.0 Å². The summed E-state index contributed by atoms with van der Waals surface area (Å²) in [6, 6.07) is 5.82. The molecule has 140 valence electrons. The second kappa shape index (κ2) is 9.59. The Morgan fingerprint density at radius 2 is 2.04 bits per heavy atom. The van der Waals surface area contributed by atoms with Crippen LogP contribution in [0, 0.1) is 5.92 Å². The van der Waals surface area contributed by atoms with Gasteiger partial charge in [-0.2, -0.15) is 5.10 Å². The number of benzene rings is 1. The highest BCUT2D eigenvalue weighted by atomic mass is 35.5. The molecule has 0 saturated heterocycles. The zero-order valence-electron chi connectivity index (χ0n) is 14.7. The van der Waals surface area contributed by atoms with Crippen molar-refractivity contribution in [3.05, 3.63) is 52.3 Å². The maximum atomic E-state index is 12.5. The van der Waals surface area contributed by atoms with Crippen molar-refractivity contribution in [1.82, 2.24) is 20.4 Å². The molecule has 0 aliphatic heterocycles. The Labute approximate surface area is 162 Å². The molecule has 6 nitrogen and oxygen atoms in total. The smallest absolute Gasteiger partial charge is 0.253 e. The van der Waals surface area contributed by atoms with E-state index in [2.05, 4.69) is 15.7 Å². The molecular formula is C18H22Cl2N4O2. The minimum atomic E-state index is -0.654. The average molecular weight is 397 g/mol. The fourth-order valence-corrected chi connectivity index (χ4v) is 2.92. The lowest BCUT2D eigenvalue weighted by Crippen LogP contribution is -2.50. The minimum absolute atomic E-state index is 0.0730. The topological polar surface area (TPSA) is 76.0 Å². The van der Waals surface area contributed by atoms with Crippen LogP contribution in [0.1, 0.15) is 30.6 Å². The summed E-state index contributed by atoms with van der Waals surface area (Å²) >= 11 is 11.9. The molecule has 26 heavy (non-hydrogen) atoms. The van der Waals surface area contributed by atoms with Crippen LogP contribution in [0.15, 0.2) is 36.7 Å². The molecule has 1 aromatic heterocycles. The number of aromatic nitrogens is 2. The summed E-state index contributed by atoms with van der Waals surface area (Å²) in [4.78, 5) is 24.9. The van der Waals surface area contributed by atoms with Crippen LogP contribution in [0.25, 0.3) is 0 Å². The maximum absolute atomic E-state index is 12.5. The molecule has 0 radical (unpaired) electrons. The Balaban J connectivity index is 1.90. The normalized spacial score (nSPS) is 12.0. The largest absolute Gasteiger partial charge is 0.354 e. The molecule has 0 aliphatic carbocycles. The molecule has 1 aromatic carbocycles. The number of amides is 2. The van der Waals surface area contributed by atoms with E-state index in [4.69, 9.17) is 23.2 Å². The Bertz CT molecular complexity index is 748. The first-order chi connectivity index (χ1) is 12.4. The van der Waals surface area contributed by atoms with Gasteiger partial charge in [-0.05, 0) is 36.6 Å². The third-order valence-corrected chi connectivity index (χ3v) is 4.38. The number of halogens is 2. The lowest BCUT2D eigenvalue weighted by atomic mass is 10.0. The van der Waals surface area contributed by atoms with Gasteiger partial charge in [0, 0.05) is 30.5 Å². The van der Waals surface area contributed by atoms with Gasteiger partial charge in [-0.15, -0.1) is 0 Å². The van der Waals surface area contributed by atoms with Crippen LogP contribution in [0.4, 0.5) is 0 Å². The van der Waals surface area contributed by atoms with Gasteiger partial charge in [0.15, 0.2) is 0 Å². The van der Waals surface area contributed by atoms with Gasteiger partial charge in [0.25, 0.3) is 5.91 Å². The van der Waals surface area contributed by atoms with E-state index in [0.717, 1.165) is 6.42 Å². The summed E-state index contributed by atoms with van der Waals surface area (Å²) in [5.74, 6) is -0.702. The van der Waals surface area contributed by atoms with Gasteiger partial charge in [-0.25, -0.2) is 0 Å². The summed E-state index contributed by atoms with van der Waals surface area (Å²) < 4.78 is 1.80. The van der Waals surface area contributed by atoms with Crippen LogP contribution in [-0.2, 0) is 11.3 Å². The lowest BCUT2D eigenvalue weighted by molar-refractivity contribution is -0.123. The summed E-state index contributed by atoms with van der Waals surface area (Å²) in [5.41, 5.74) is 0.285. The molecule has 0 saturated carbocycles. The van der Waals surface area contributed by atoms with E-state index in [-0.39, 0.29) is 22.4 Å². The Kier molecular flexibility index (Phi) is 7.48. The second-order valence-corrected chi connectivity index (χ2v) is 7.08. The van der Waals surface area contributed by atoms with E-state index < -0.39 is 11.9 Å². The molecule has 2 amide bonds. The van der Waals surface area contributed by atoms with Crippen molar-refractivity contribution in [3.63, 3.8) is 0 Å². The van der Waals surface area contributed by atoms with Gasteiger partial charge in [-0.1, -0.05) is 37.0 Å². The number of carbonyl (C=O) groups is 2. The van der Waals surface area contributed by atoms with Gasteiger partial charge < -0.3 is 10.6 Å². The van der Waals surface area contributed by atoms with E-state index >= 15 is 0 Å². The molecule has 0 bridgehead atoms. The highest BCUT2D eigenvalue weighted by Crippen LogP contribution is 2.21. The van der Waals surface area contributed by atoms with Gasteiger partial charge >= 0.3 is 0 Å². The number of nitrogens with zero attached hydrogens (tertiary/aromatic N) is 2. The number of carbonyl (C=O) groups excluding carboxylic acids is 2. The third-order valence-electron chi connectivity index (χ3n) is 3.83. The van der Waals surface area contributed by atoms with Gasteiger partial charge in [0.2, 0.25) is 5.91 Å². The van der Waals surface area contributed by atoms with E-state index in [1.807, 2.05) is 26.1 Å². The first-order valence-electron chi connectivity index (χ1n) is 8.39. The molecule has 2 rings (SSSR count). The van der Waals surface area contributed by atoms with Gasteiger partial charge in [0.05, 0.1) is 10.6 Å². The van der Waals surface area contributed by atoms with Crippen molar-refractivity contribution in [2.75, 3.05) is 6.54 Å². The molecule has 8 heteroatoms.